The van der Waals surface area contributed by atoms with Gasteiger partial charge in [0.25, 0.3) is 0 Å². The van der Waals surface area contributed by atoms with Crippen LogP contribution in [0.4, 0.5) is 0 Å². The molecule has 128 valence electrons. The van der Waals surface area contributed by atoms with Crippen LogP contribution in [0.3, 0.4) is 0 Å². The van der Waals surface area contributed by atoms with Crippen molar-refractivity contribution in [2.45, 2.75) is 38.4 Å². The van der Waals surface area contributed by atoms with Crippen LogP contribution < -0.4 is 10.9 Å². The molecule has 0 radical (unpaired) electrons. The van der Waals surface area contributed by atoms with Crippen molar-refractivity contribution in [2.24, 2.45) is 5.92 Å². The van der Waals surface area contributed by atoms with Gasteiger partial charge in [-0.25, -0.2) is 4.68 Å². The fraction of sp³-hybridized carbons (Fsp3) is 0.500. The molecular formula is C18H24ClN5. The third-order valence-corrected chi connectivity index (χ3v) is 5.61. The van der Waals surface area contributed by atoms with E-state index in [1.807, 2.05) is 35.1 Å². The number of fused-ring (bicyclic) bond motifs is 1. The Morgan fingerprint density at radius 3 is 3.00 bits per heavy atom. The maximum Gasteiger partial charge on any atom is 0.0831 e. The molecule has 6 heteroatoms. The summed E-state index contributed by atoms with van der Waals surface area (Å²) in [6.07, 6.45) is 6.42. The number of hydrazine groups is 1. The molecule has 5 nitrogen and oxygen atoms in total. The van der Waals surface area contributed by atoms with Crippen LogP contribution in [0.2, 0.25) is 5.02 Å². The zero-order valence-electron chi connectivity index (χ0n) is 14.0. The van der Waals surface area contributed by atoms with Crippen molar-refractivity contribution < 1.29 is 0 Å². The smallest absolute Gasteiger partial charge is 0.0831 e. The van der Waals surface area contributed by atoms with Gasteiger partial charge in [0.15, 0.2) is 0 Å². The SMILES string of the molecule is CCC1NNC2CCN(Cc3cnn(-c4ccccc4Cl)c3)CC12. The Morgan fingerprint density at radius 2 is 2.17 bits per heavy atom. The Labute approximate surface area is 148 Å². The molecule has 3 heterocycles. The second kappa shape index (κ2) is 6.84. The quantitative estimate of drug-likeness (QED) is 0.894. The lowest BCUT2D eigenvalue weighted by molar-refractivity contribution is 0.147. The zero-order valence-corrected chi connectivity index (χ0v) is 14.7. The second-order valence-electron chi connectivity index (χ2n) is 6.84. The lowest BCUT2D eigenvalue weighted by Crippen LogP contribution is -2.45. The monoisotopic (exact) mass is 345 g/mol. The molecule has 0 saturated carbocycles. The minimum Gasteiger partial charge on any atom is -0.299 e. The maximum atomic E-state index is 6.27. The van der Waals surface area contributed by atoms with Crippen molar-refractivity contribution in [3.05, 3.63) is 47.2 Å². The molecule has 2 fully saturated rings. The Hall–Kier alpha value is -1.40. The summed E-state index contributed by atoms with van der Waals surface area (Å²) in [5.41, 5.74) is 9.09. The molecule has 4 rings (SSSR count). The van der Waals surface area contributed by atoms with Crippen molar-refractivity contribution in [1.29, 1.82) is 0 Å². The summed E-state index contributed by atoms with van der Waals surface area (Å²) in [4.78, 5) is 2.55. The minimum absolute atomic E-state index is 0.587. The third kappa shape index (κ3) is 3.09. The topological polar surface area (TPSA) is 45.1 Å². The van der Waals surface area contributed by atoms with Crippen LogP contribution in [0, 0.1) is 5.92 Å². The van der Waals surface area contributed by atoms with Crippen LogP contribution in [0.25, 0.3) is 5.69 Å². The highest BCUT2D eigenvalue weighted by atomic mass is 35.5. The molecule has 2 aliphatic rings. The summed E-state index contributed by atoms with van der Waals surface area (Å²) in [6, 6.07) is 9.02. The van der Waals surface area contributed by atoms with Crippen LogP contribution in [0.1, 0.15) is 25.3 Å². The average molecular weight is 346 g/mol. The van der Waals surface area contributed by atoms with Gasteiger partial charge in [0.1, 0.15) is 0 Å². The predicted octanol–water partition coefficient (Wildman–Crippen LogP) is 2.60. The largest absolute Gasteiger partial charge is 0.299 e. The summed E-state index contributed by atoms with van der Waals surface area (Å²) in [7, 11) is 0. The Morgan fingerprint density at radius 1 is 1.29 bits per heavy atom. The highest BCUT2D eigenvalue weighted by molar-refractivity contribution is 6.32. The predicted molar refractivity (Wildman–Crippen MR) is 96.1 cm³/mol. The highest BCUT2D eigenvalue weighted by Gasteiger charge is 2.38. The van der Waals surface area contributed by atoms with Gasteiger partial charge in [-0.15, -0.1) is 0 Å². The number of likely N-dealkylation sites (tertiary alicyclic amines) is 1. The van der Waals surface area contributed by atoms with Gasteiger partial charge in [0, 0.05) is 49.4 Å². The van der Waals surface area contributed by atoms with E-state index in [2.05, 4.69) is 34.0 Å². The number of halogens is 1. The first kappa shape index (κ1) is 16.1. The standard InChI is InChI=1S/C18H24ClN5/c1-2-16-14-12-23(8-7-17(14)22-21-16)10-13-9-20-24(11-13)18-6-4-3-5-15(18)19/h3-6,9,11,14,16-17,21-22H,2,7-8,10,12H2,1H3. The van der Waals surface area contributed by atoms with Gasteiger partial charge in [0.05, 0.1) is 16.9 Å². The number of nitrogens with one attached hydrogen (secondary N) is 2. The fourth-order valence-corrected chi connectivity index (χ4v) is 4.20. The normalized spacial score (nSPS) is 27.3. The maximum absolute atomic E-state index is 6.27. The Kier molecular flexibility index (Phi) is 4.59. The van der Waals surface area contributed by atoms with Gasteiger partial charge in [0.2, 0.25) is 0 Å². The first-order chi connectivity index (χ1) is 11.7. The number of para-hydroxylation sites is 1. The lowest BCUT2D eigenvalue weighted by Gasteiger charge is -2.35. The first-order valence-corrected chi connectivity index (χ1v) is 9.14. The molecular weight excluding hydrogens is 322 g/mol. The van der Waals surface area contributed by atoms with E-state index >= 15 is 0 Å². The summed E-state index contributed by atoms with van der Waals surface area (Å²) in [6.45, 7) is 5.47. The minimum atomic E-state index is 0.587. The molecule has 0 bridgehead atoms. The Bertz CT molecular complexity index is 694. The molecule has 0 amide bonds. The number of aromatic nitrogens is 2. The molecule has 24 heavy (non-hydrogen) atoms. The van der Waals surface area contributed by atoms with Crippen LogP contribution in [-0.2, 0) is 6.54 Å². The third-order valence-electron chi connectivity index (χ3n) is 5.29. The van der Waals surface area contributed by atoms with Gasteiger partial charge < -0.3 is 0 Å². The van der Waals surface area contributed by atoms with E-state index < -0.39 is 0 Å². The molecule has 2 aromatic rings. The fourth-order valence-electron chi connectivity index (χ4n) is 3.98. The number of nitrogens with zero attached hydrogens (tertiary/aromatic N) is 3. The molecule has 0 aliphatic carbocycles. The van der Waals surface area contributed by atoms with E-state index in [9.17, 15) is 0 Å². The van der Waals surface area contributed by atoms with Gasteiger partial charge in [-0.05, 0) is 25.0 Å². The van der Waals surface area contributed by atoms with E-state index in [1.54, 1.807) is 0 Å². The van der Waals surface area contributed by atoms with E-state index in [1.165, 1.54) is 18.4 Å². The number of rotatable bonds is 4. The number of hydrogen-bond donors (Lipinski definition) is 2. The van der Waals surface area contributed by atoms with Crippen molar-refractivity contribution in [1.82, 2.24) is 25.5 Å². The molecule has 1 aromatic carbocycles. The molecule has 3 atom stereocenters. The van der Waals surface area contributed by atoms with Gasteiger partial charge in [-0.1, -0.05) is 30.7 Å². The van der Waals surface area contributed by atoms with Gasteiger partial charge in [-0.3, -0.25) is 15.8 Å². The van der Waals surface area contributed by atoms with Crippen LogP contribution in [0.5, 0.6) is 0 Å². The van der Waals surface area contributed by atoms with Crippen molar-refractivity contribution in [3.63, 3.8) is 0 Å². The Balaban J connectivity index is 1.44. The second-order valence-corrected chi connectivity index (χ2v) is 7.25. The first-order valence-electron chi connectivity index (χ1n) is 8.76. The summed E-state index contributed by atoms with van der Waals surface area (Å²) < 4.78 is 1.87. The molecule has 1 aromatic heterocycles. The van der Waals surface area contributed by atoms with Crippen molar-refractivity contribution in [3.8, 4) is 5.69 Å². The van der Waals surface area contributed by atoms with E-state index in [0.717, 1.165) is 30.3 Å². The van der Waals surface area contributed by atoms with E-state index in [4.69, 9.17) is 11.6 Å². The molecule has 3 unspecified atom stereocenters. The summed E-state index contributed by atoms with van der Waals surface area (Å²) >= 11 is 6.27. The molecule has 2 saturated heterocycles. The summed E-state index contributed by atoms with van der Waals surface area (Å²) in [5, 5.41) is 5.22. The van der Waals surface area contributed by atoms with Crippen molar-refractivity contribution in [2.75, 3.05) is 13.1 Å². The number of piperidine rings is 1. The molecule has 2 aliphatic heterocycles. The summed E-state index contributed by atoms with van der Waals surface area (Å²) in [5.74, 6) is 0.697. The van der Waals surface area contributed by atoms with Crippen LogP contribution in [0.15, 0.2) is 36.7 Å². The van der Waals surface area contributed by atoms with Gasteiger partial charge in [-0.2, -0.15) is 5.10 Å². The van der Waals surface area contributed by atoms with Crippen LogP contribution >= 0.6 is 11.6 Å². The van der Waals surface area contributed by atoms with Crippen molar-refractivity contribution >= 4 is 11.6 Å². The van der Waals surface area contributed by atoms with E-state index in [0.29, 0.717) is 18.0 Å². The lowest BCUT2D eigenvalue weighted by atomic mass is 9.87. The van der Waals surface area contributed by atoms with E-state index in [-0.39, 0.29) is 0 Å². The number of benzene rings is 1. The molecule has 0 spiro atoms. The average Bonchev–Trinajstić information content (AvgIpc) is 3.21. The van der Waals surface area contributed by atoms with Gasteiger partial charge >= 0.3 is 0 Å². The highest BCUT2D eigenvalue weighted by Crippen LogP contribution is 2.27. The molecule has 2 N–H and O–H groups in total. The zero-order chi connectivity index (χ0) is 16.5. The van der Waals surface area contributed by atoms with Crippen LogP contribution in [-0.4, -0.2) is 39.9 Å². The number of hydrogen-bond acceptors (Lipinski definition) is 4.